The fourth-order valence-corrected chi connectivity index (χ4v) is 4.95. The molecule has 0 fully saturated rings. The Bertz CT molecular complexity index is 1450. The van der Waals surface area contributed by atoms with E-state index in [1.54, 1.807) is 66.7 Å². The van der Waals surface area contributed by atoms with Gasteiger partial charge in [-0.2, -0.15) is 13.2 Å². The van der Waals surface area contributed by atoms with Crippen LogP contribution in [0.5, 0.6) is 5.75 Å². The Labute approximate surface area is 262 Å². The van der Waals surface area contributed by atoms with Crippen LogP contribution in [0.3, 0.4) is 0 Å². The molecule has 3 aromatic carbocycles. The van der Waals surface area contributed by atoms with Crippen molar-refractivity contribution in [3.63, 3.8) is 0 Å². The fourth-order valence-electron chi connectivity index (χ4n) is 4.43. The molecule has 0 aliphatic rings. The van der Waals surface area contributed by atoms with E-state index in [0.717, 1.165) is 5.56 Å². The highest BCUT2D eigenvalue weighted by molar-refractivity contribution is 6.42. The second kappa shape index (κ2) is 14.9. The number of carbonyl (C=O) groups excluding carboxylic acids is 3. The molecule has 0 aromatic heterocycles. The van der Waals surface area contributed by atoms with Crippen molar-refractivity contribution in [3.8, 4) is 5.75 Å². The summed E-state index contributed by atoms with van der Waals surface area (Å²) in [5, 5.41) is 5.76. The molecule has 0 radical (unpaired) electrons. The van der Waals surface area contributed by atoms with Crippen LogP contribution >= 0.6 is 34.8 Å². The van der Waals surface area contributed by atoms with Gasteiger partial charge >= 0.3 is 6.18 Å². The van der Waals surface area contributed by atoms with Crippen molar-refractivity contribution in [2.75, 3.05) is 7.11 Å². The third-order valence-corrected chi connectivity index (χ3v) is 7.72. The van der Waals surface area contributed by atoms with E-state index in [9.17, 15) is 27.6 Å². The Balaban J connectivity index is 1.98. The number of Topliss-reactive ketones (excluding diaryl/α,β-unsaturated/α-hetero) is 1. The monoisotopic (exact) mass is 656 g/mol. The molecule has 3 aromatic rings. The van der Waals surface area contributed by atoms with Gasteiger partial charge in [0.25, 0.3) is 5.78 Å². The van der Waals surface area contributed by atoms with E-state index in [4.69, 9.17) is 39.5 Å². The number of benzene rings is 3. The Kier molecular flexibility index (Phi) is 11.9. The molecule has 0 saturated carbocycles. The average Bonchev–Trinajstić information content (AvgIpc) is 2.95. The molecule has 0 spiro atoms. The van der Waals surface area contributed by atoms with Gasteiger partial charge in [0, 0.05) is 11.4 Å². The van der Waals surface area contributed by atoms with Crippen LogP contribution in [-0.2, 0) is 27.2 Å². The van der Waals surface area contributed by atoms with Crippen LogP contribution in [0, 0.1) is 5.92 Å². The van der Waals surface area contributed by atoms with Gasteiger partial charge in [-0.15, -0.1) is 0 Å². The number of ketones is 1. The van der Waals surface area contributed by atoms with Gasteiger partial charge in [0.1, 0.15) is 11.8 Å². The van der Waals surface area contributed by atoms with E-state index >= 15 is 0 Å². The van der Waals surface area contributed by atoms with E-state index in [0.29, 0.717) is 21.9 Å². The maximum absolute atomic E-state index is 13.9. The summed E-state index contributed by atoms with van der Waals surface area (Å²) in [5.74, 6) is -4.78. The van der Waals surface area contributed by atoms with E-state index in [1.165, 1.54) is 21.0 Å². The van der Waals surface area contributed by atoms with Crippen LogP contribution in [0.1, 0.15) is 36.5 Å². The largest absolute Gasteiger partial charge is 0.497 e. The summed E-state index contributed by atoms with van der Waals surface area (Å²) in [6.07, 6.45) is -5.09. The van der Waals surface area contributed by atoms with Gasteiger partial charge in [-0.25, -0.2) is 0 Å². The molecule has 3 atom stereocenters. The SMILES string of the molecule is COc1ccc(CC(C(=O)N[C@@H](Cc2cccc(Cl)c2)C(=O)N[C@H](C(=O)C(F)(F)F)C(C)C)c2ccc(Cl)c(Cl)c2)cc1. The molecule has 0 saturated heterocycles. The van der Waals surface area contributed by atoms with Crippen molar-refractivity contribution in [2.24, 2.45) is 5.92 Å². The molecular weight excluding hydrogens is 628 g/mol. The predicted molar refractivity (Wildman–Crippen MR) is 161 cm³/mol. The van der Waals surface area contributed by atoms with Crippen LogP contribution in [0.4, 0.5) is 13.2 Å². The Hall–Kier alpha value is -3.27. The number of methoxy groups -OCH3 is 1. The highest BCUT2D eigenvalue weighted by Crippen LogP contribution is 2.30. The molecule has 6 nitrogen and oxygen atoms in total. The van der Waals surface area contributed by atoms with E-state index < -0.39 is 47.7 Å². The Morgan fingerprint density at radius 1 is 0.814 bits per heavy atom. The molecule has 12 heteroatoms. The maximum atomic E-state index is 13.9. The molecule has 230 valence electrons. The first kappa shape index (κ1) is 34.2. The Morgan fingerprint density at radius 3 is 2.05 bits per heavy atom. The maximum Gasteiger partial charge on any atom is 0.452 e. The third kappa shape index (κ3) is 9.61. The second-order valence-corrected chi connectivity index (χ2v) is 11.5. The summed E-state index contributed by atoms with van der Waals surface area (Å²) in [5.41, 5.74) is 1.80. The van der Waals surface area contributed by atoms with Gasteiger partial charge in [0.15, 0.2) is 0 Å². The molecular formula is C31H30Cl3F3N2O4. The third-order valence-electron chi connectivity index (χ3n) is 6.75. The number of hydrogen-bond acceptors (Lipinski definition) is 4. The zero-order chi connectivity index (χ0) is 31.9. The lowest BCUT2D eigenvalue weighted by Crippen LogP contribution is -2.56. The standard InChI is InChI=1S/C31H30Cl3F3N2O4/c1-17(2)27(28(40)31(35,36)37)39-30(42)26(15-19-5-4-6-21(32)13-19)38-29(41)23(20-9-12-24(33)25(34)16-20)14-18-7-10-22(43-3)11-8-18/h4-13,16-17,23,26-27H,14-15H2,1-3H3,(H,38,41)(H,39,42)/t23?,26-,27-/m0/s1. The lowest BCUT2D eigenvalue weighted by atomic mass is 9.90. The van der Waals surface area contributed by atoms with E-state index in [1.807, 2.05) is 0 Å². The first-order valence-electron chi connectivity index (χ1n) is 13.2. The second-order valence-electron chi connectivity index (χ2n) is 10.3. The Morgan fingerprint density at radius 2 is 1.49 bits per heavy atom. The van der Waals surface area contributed by atoms with Crippen LogP contribution in [0.15, 0.2) is 66.7 Å². The van der Waals surface area contributed by atoms with Crippen molar-refractivity contribution in [2.45, 2.75) is 50.9 Å². The first-order valence-corrected chi connectivity index (χ1v) is 14.4. The highest BCUT2D eigenvalue weighted by Gasteiger charge is 2.45. The van der Waals surface area contributed by atoms with Gasteiger partial charge < -0.3 is 15.4 Å². The summed E-state index contributed by atoms with van der Waals surface area (Å²) < 4.78 is 45.1. The quantitative estimate of drug-likeness (QED) is 0.220. The summed E-state index contributed by atoms with van der Waals surface area (Å²) >= 11 is 18.5. The number of amides is 2. The summed E-state index contributed by atoms with van der Waals surface area (Å²) in [6.45, 7) is 2.77. The number of ether oxygens (including phenoxy) is 1. The van der Waals surface area contributed by atoms with Crippen molar-refractivity contribution >= 4 is 52.4 Å². The van der Waals surface area contributed by atoms with Crippen molar-refractivity contribution in [3.05, 3.63) is 98.5 Å². The number of hydrogen-bond donors (Lipinski definition) is 2. The molecule has 2 N–H and O–H groups in total. The minimum Gasteiger partial charge on any atom is -0.497 e. The van der Waals surface area contributed by atoms with Crippen LogP contribution in [0.2, 0.25) is 15.1 Å². The van der Waals surface area contributed by atoms with E-state index in [2.05, 4.69) is 10.6 Å². The van der Waals surface area contributed by atoms with Gasteiger partial charge in [-0.1, -0.05) is 79.0 Å². The number of nitrogens with one attached hydrogen (secondary N) is 2. The zero-order valence-electron chi connectivity index (χ0n) is 23.5. The van der Waals surface area contributed by atoms with Crippen molar-refractivity contribution in [1.82, 2.24) is 10.6 Å². The molecule has 3 rings (SSSR count). The minimum atomic E-state index is -5.16. The average molecular weight is 658 g/mol. The summed E-state index contributed by atoms with van der Waals surface area (Å²) in [7, 11) is 1.53. The van der Waals surface area contributed by atoms with Crippen LogP contribution in [0.25, 0.3) is 0 Å². The highest BCUT2D eigenvalue weighted by atomic mass is 35.5. The van der Waals surface area contributed by atoms with Crippen LogP contribution < -0.4 is 15.4 Å². The van der Waals surface area contributed by atoms with E-state index in [-0.39, 0.29) is 22.9 Å². The van der Waals surface area contributed by atoms with Gasteiger partial charge in [-0.05, 0) is 65.4 Å². The molecule has 2 amide bonds. The molecule has 0 aliphatic heterocycles. The number of alkyl halides is 3. The van der Waals surface area contributed by atoms with Crippen molar-refractivity contribution < 1.29 is 32.3 Å². The van der Waals surface area contributed by atoms with Crippen LogP contribution in [-0.4, -0.2) is 43.0 Å². The van der Waals surface area contributed by atoms with Crippen molar-refractivity contribution in [1.29, 1.82) is 0 Å². The minimum absolute atomic E-state index is 0.111. The molecule has 0 heterocycles. The molecule has 0 bridgehead atoms. The summed E-state index contributed by atoms with van der Waals surface area (Å²) in [6, 6.07) is 15.0. The van der Waals surface area contributed by atoms with Gasteiger partial charge in [0.2, 0.25) is 11.8 Å². The topological polar surface area (TPSA) is 84.5 Å². The predicted octanol–water partition coefficient (Wildman–Crippen LogP) is 6.98. The molecule has 0 aliphatic carbocycles. The number of carbonyl (C=O) groups is 3. The van der Waals surface area contributed by atoms with Gasteiger partial charge in [-0.3, -0.25) is 14.4 Å². The lowest BCUT2D eigenvalue weighted by molar-refractivity contribution is -0.175. The fraction of sp³-hybridized carbons (Fsp3) is 0.323. The molecule has 1 unspecified atom stereocenters. The number of halogens is 6. The molecule has 43 heavy (non-hydrogen) atoms. The lowest BCUT2D eigenvalue weighted by Gasteiger charge is -2.27. The summed E-state index contributed by atoms with van der Waals surface area (Å²) in [4.78, 5) is 39.5. The van der Waals surface area contributed by atoms with Gasteiger partial charge in [0.05, 0.1) is 29.1 Å². The first-order chi connectivity index (χ1) is 20.2. The normalized spacial score (nSPS) is 13.6. The zero-order valence-corrected chi connectivity index (χ0v) is 25.7. The smallest absolute Gasteiger partial charge is 0.452 e. The number of rotatable bonds is 12.